The fourth-order valence-corrected chi connectivity index (χ4v) is 2.75. The third-order valence-corrected chi connectivity index (χ3v) is 3.59. The Kier molecular flexibility index (Phi) is 8.93. The van der Waals surface area contributed by atoms with E-state index >= 15 is 0 Å². The van der Waals surface area contributed by atoms with E-state index in [9.17, 15) is 28.2 Å². The zero-order valence-electron chi connectivity index (χ0n) is 14.1. The summed E-state index contributed by atoms with van der Waals surface area (Å²) in [6.45, 7) is 1.53. The molecule has 0 N–H and O–H groups in total. The number of rotatable bonds is 6. The third-order valence-electron chi connectivity index (χ3n) is 2.92. The summed E-state index contributed by atoms with van der Waals surface area (Å²) in [5.41, 5.74) is 0.524. The van der Waals surface area contributed by atoms with Crippen LogP contribution in [-0.2, 0) is 30.3 Å². The Morgan fingerprint density at radius 2 is 1.68 bits per heavy atom. The second-order valence-corrected chi connectivity index (χ2v) is 6.59. The van der Waals surface area contributed by atoms with Crippen LogP contribution in [0.2, 0.25) is 0 Å². The summed E-state index contributed by atoms with van der Waals surface area (Å²) in [6, 6.07) is 4.11. The van der Waals surface area contributed by atoms with E-state index in [4.69, 9.17) is 13.7 Å². The normalized spacial score (nSPS) is 15.4. The van der Waals surface area contributed by atoms with Crippen molar-refractivity contribution in [2.75, 3.05) is 6.26 Å². The maximum Gasteiger partial charge on any atom is 1.00 e. The molecule has 25 heavy (non-hydrogen) atoms. The minimum absolute atomic E-state index is 0. The van der Waals surface area contributed by atoms with Crippen molar-refractivity contribution in [2.45, 2.75) is 25.2 Å². The van der Waals surface area contributed by atoms with Gasteiger partial charge in [0.1, 0.15) is 11.9 Å². The van der Waals surface area contributed by atoms with Crippen molar-refractivity contribution in [3.8, 4) is 11.5 Å². The zero-order chi connectivity index (χ0) is 17.4. The number of carbonyl (C=O) groups excluding carboxylic acids is 2. The first kappa shape index (κ1) is 24.7. The average molecular weight is 390 g/mol. The summed E-state index contributed by atoms with van der Waals surface area (Å²) >= 11 is 0. The van der Waals surface area contributed by atoms with Gasteiger partial charge in [0.25, 0.3) is 10.1 Å². The second kappa shape index (κ2) is 9.05. The number of carboxylic acids is 2. The van der Waals surface area contributed by atoms with Crippen molar-refractivity contribution >= 4 is 22.1 Å². The van der Waals surface area contributed by atoms with Gasteiger partial charge in [-0.3, -0.25) is 4.18 Å². The first-order valence-electron chi connectivity index (χ1n) is 6.35. The number of aliphatic carboxylic acids is 2. The molecule has 0 spiro atoms. The Labute approximate surface area is 188 Å². The van der Waals surface area contributed by atoms with E-state index in [0.29, 0.717) is 5.56 Å². The van der Waals surface area contributed by atoms with Gasteiger partial charge in [-0.1, -0.05) is 6.07 Å². The van der Waals surface area contributed by atoms with Crippen LogP contribution in [0.5, 0.6) is 11.5 Å². The van der Waals surface area contributed by atoms with Crippen LogP contribution in [0.1, 0.15) is 12.5 Å². The predicted octanol–water partition coefficient (Wildman–Crippen LogP) is -8.43. The molecule has 0 amide bonds. The molecule has 1 aromatic carbocycles. The fourth-order valence-electron chi connectivity index (χ4n) is 2.09. The summed E-state index contributed by atoms with van der Waals surface area (Å²) in [5, 5.41) is 22.0. The molecule has 0 fully saturated rings. The van der Waals surface area contributed by atoms with Crippen LogP contribution >= 0.6 is 0 Å². The van der Waals surface area contributed by atoms with Crippen molar-refractivity contribution in [3.05, 3.63) is 23.8 Å². The number of carboxylic acid groups (broad SMARTS) is 2. The number of ether oxygens (including phenoxy) is 2. The molecule has 0 aromatic heterocycles. The van der Waals surface area contributed by atoms with Crippen molar-refractivity contribution < 1.29 is 101 Å². The maximum atomic E-state index is 11.0. The van der Waals surface area contributed by atoms with E-state index in [1.807, 2.05) is 0 Å². The molecule has 1 aliphatic heterocycles. The number of fused-ring (bicyclic) bond motifs is 1. The molecule has 2 rings (SSSR count). The molecule has 1 aliphatic rings. The summed E-state index contributed by atoms with van der Waals surface area (Å²) in [7, 11) is -3.62. The molecule has 0 unspecified atom stereocenters. The van der Waals surface area contributed by atoms with E-state index < -0.39 is 33.9 Å². The molecular weight excluding hydrogens is 378 g/mol. The van der Waals surface area contributed by atoms with Crippen LogP contribution in [0.4, 0.5) is 0 Å². The topological polar surface area (TPSA) is 142 Å². The Morgan fingerprint density at radius 1 is 1.16 bits per heavy atom. The summed E-state index contributed by atoms with van der Waals surface area (Å²) < 4.78 is 36.5. The quantitative estimate of drug-likeness (QED) is 0.263. The van der Waals surface area contributed by atoms with Gasteiger partial charge in [-0.15, -0.1) is 0 Å². The van der Waals surface area contributed by atoms with E-state index in [1.54, 1.807) is 0 Å². The number of hydrogen-bond donors (Lipinski definition) is 0. The van der Waals surface area contributed by atoms with Gasteiger partial charge in [0.2, 0.25) is 0 Å². The second-order valence-electron chi connectivity index (χ2n) is 4.99. The van der Waals surface area contributed by atoms with Gasteiger partial charge in [-0.05, 0) is 31.0 Å². The van der Waals surface area contributed by atoms with Gasteiger partial charge < -0.3 is 29.3 Å². The molecule has 0 saturated carbocycles. The van der Waals surface area contributed by atoms with E-state index in [0.717, 1.165) is 6.26 Å². The number of benzene rings is 1. The molecule has 1 heterocycles. The molecule has 0 saturated heterocycles. The van der Waals surface area contributed by atoms with E-state index in [2.05, 4.69) is 0 Å². The van der Waals surface area contributed by atoms with Crippen molar-refractivity contribution in [2.24, 2.45) is 0 Å². The van der Waals surface area contributed by atoms with Gasteiger partial charge in [0, 0.05) is 0 Å². The van der Waals surface area contributed by atoms with Gasteiger partial charge in [-0.2, -0.15) is 8.42 Å². The first-order chi connectivity index (χ1) is 10.5. The molecular formula is C13H12Na2O9S. The summed E-state index contributed by atoms with van der Waals surface area (Å²) in [5.74, 6) is -7.51. The Morgan fingerprint density at radius 3 is 2.16 bits per heavy atom. The maximum absolute atomic E-state index is 11.0. The van der Waals surface area contributed by atoms with Crippen molar-refractivity contribution in [3.63, 3.8) is 0 Å². The first-order valence-corrected chi connectivity index (χ1v) is 8.17. The molecule has 0 bridgehead atoms. The third kappa shape index (κ3) is 5.83. The van der Waals surface area contributed by atoms with E-state index in [1.165, 1.54) is 25.1 Å². The van der Waals surface area contributed by atoms with Crippen LogP contribution < -0.4 is 78.8 Å². The number of hydrogen-bond acceptors (Lipinski definition) is 9. The van der Waals surface area contributed by atoms with Crippen molar-refractivity contribution in [1.82, 2.24) is 0 Å². The summed E-state index contributed by atoms with van der Waals surface area (Å²) in [6.07, 6.45) is 0.391. The van der Waals surface area contributed by atoms with Gasteiger partial charge >= 0.3 is 64.9 Å². The van der Waals surface area contributed by atoms with Gasteiger partial charge in [0.05, 0.1) is 12.4 Å². The van der Waals surface area contributed by atoms with Crippen LogP contribution in [0.15, 0.2) is 18.2 Å². The minimum Gasteiger partial charge on any atom is -0.542 e. The SMILES string of the molecule is C[C@H](Cc1ccc2c(c1)OC(C(=O)[O-])(C(=O)[O-])O2)OS(C)(=O)=O.[Na+].[Na+]. The molecule has 1 aromatic rings. The van der Waals surface area contributed by atoms with Crippen LogP contribution in [0, 0.1) is 0 Å². The van der Waals surface area contributed by atoms with Gasteiger partial charge in [0.15, 0.2) is 11.5 Å². The smallest absolute Gasteiger partial charge is 0.542 e. The Balaban J connectivity index is 0.00000288. The van der Waals surface area contributed by atoms with E-state index in [-0.39, 0.29) is 77.0 Å². The van der Waals surface area contributed by atoms with Crippen LogP contribution in [-0.4, -0.2) is 38.5 Å². The van der Waals surface area contributed by atoms with Crippen molar-refractivity contribution in [1.29, 1.82) is 0 Å². The monoisotopic (exact) mass is 390 g/mol. The number of carbonyl (C=O) groups is 2. The van der Waals surface area contributed by atoms with Gasteiger partial charge in [-0.25, -0.2) is 0 Å². The minimum atomic E-state index is -3.62. The molecule has 12 heteroatoms. The van der Waals surface area contributed by atoms with Crippen LogP contribution in [0.25, 0.3) is 0 Å². The molecule has 9 nitrogen and oxygen atoms in total. The Hall–Kier alpha value is -0.330. The Bertz CT molecular complexity index is 749. The molecule has 1 atom stereocenters. The van der Waals surface area contributed by atoms with Crippen LogP contribution in [0.3, 0.4) is 0 Å². The molecule has 126 valence electrons. The predicted molar refractivity (Wildman–Crippen MR) is 69.5 cm³/mol. The average Bonchev–Trinajstić information content (AvgIpc) is 2.76. The zero-order valence-corrected chi connectivity index (χ0v) is 18.9. The molecule has 0 radical (unpaired) electrons. The molecule has 0 aliphatic carbocycles. The standard InChI is InChI=1S/C13H14O9S.2Na/c1-7(22-23(2,18)19)5-8-3-4-9-10(6-8)21-13(20-9,11(14)15)12(16)17;;/h3-4,6-7H,5H2,1-2H3,(H,14,15)(H,16,17);;/q;2*+1/p-2/t7-;;/m1../s1. The summed E-state index contributed by atoms with van der Waals surface area (Å²) in [4.78, 5) is 22.0. The fraction of sp³-hybridized carbons (Fsp3) is 0.385. The largest absolute Gasteiger partial charge is 1.00 e.